The molecule has 2 nitrogen and oxygen atoms in total. The van der Waals surface area contributed by atoms with Crippen molar-refractivity contribution in [1.82, 2.24) is 10.3 Å². The van der Waals surface area contributed by atoms with Crippen molar-refractivity contribution >= 4 is 11.3 Å². The van der Waals surface area contributed by atoms with Gasteiger partial charge in [-0.3, -0.25) is 0 Å². The summed E-state index contributed by atoms with van der Waals surface area (Å²) < 4.78 is 0. The van der Waals surface area contributed by atoms with E-state index < -0.39 is 0 Å². The van der Waals surface area contributed by atoms with Crippen LogP contribution in [-0.2, 0) is 5.41 Å². The molecule has 1 saturated carbocycles. The molecule has 0 amide bonds. The minimum Gasteiger partial charge on any atom is -0.305 e. The summed E-state index contributed by atoms with van der Waals surface area (Å²) in [6.07, 6.45) is 5.46. The van der Waals surface area contributed by atoms with Gasteiger partial charge in [-0.15, -0.1) is 11.3 Å². The zero-order valence-corrected chi connectivity index (χ0v) is 15.4. The Morgan fingerprint density at radius 2 is 2.00 bits per heavy atom. The van der Waals surface area contributed by atoms with Crippen LogP contribution in [0.25, 0.3) is 0 Å². The zero-order chi connectivity index (χ0) is 15.6. The molecule has 1 fully saturated rings. The van der Waals surface area contributed by atoms with E-state index in [-0.39, 0.29) is 5.41 Å². The summed E-state index contributed by atoms with van der Waals surface area (Å²) in [5.74, 6) is 1.61. The first-order chi connectivity index (χ1) is 9.77. The van der Waals surface area contributed by atoms with Crippen LogP contribution in [0.1, 0.15) is 84.0 Å². The summed E-state index contributed by atoms with van der Waals surface area (Å²) in [6, 6.07) is 0.947. The van der Waals surface area contributed by atoms with Gasteiger partial charge >= 0.3 is 0 Å². The second kappa shape index (κ2) is 6.78. The Kier molecular flexibility index (Phi) is 5.48. The molecule has 1 aromatic heterocycles. The predicted molar refractivity (Wildman–Crippen MR) is 92.9 cm³/mol. The lowest BCUT2D eigenvalue weighted by Gasteiger charge is -2.34. The highest BCUT2D eigenvalue weighted by Crippen LogP contribution is 2.39. The smallest absolute Gasteiger partial charge is 0.110 e. The third kappa shape index (κ3) is 4.53. The third-order valence-electron chi connectivity index (χ3n) is 4.52. The fourth-order valence-corrected chi connectivity index (χ4v) is 4.52. The van der Waals surface area contributed by atoms with E-state index in [0.717, 1.165) is 11.8 Å². The molecule has 1 aliphatic carbocycles. The highest BCUT2D eigenvalue weighted by molar-refractivity contribution is 7.09. The molecule has 2 rings (SSSR count). The molecule has 1 aromatic rings. The van der Waals surface area contributed by atoms with Crippen LogP contribution in [0.2, 0.25) is 0 Å². The molecule has 3 heteroatoms. The van der Waals surface area contributed by atoms with Gasteiger partial charge in [-0.2, -0.15) is 0 Å². The molecule has 1 heterocycles. The van der Waals surface area contributed by atoms with Gasteiger partial charge in [0.05, 0.1) is 11.7 Å². The number of hydrogen-bond acceptors (Lipinski definition) is 3. The normalized spacial score (nSPS) is 25.3. The van der Waals surface area contributed by atoms with Crippen LogP contribution in [-0.4, -0.2) is 11.0 Å². The number of nitrogens with zero attached hydrogens (tertiary/aromatic N) is 1. The highest BCUT2D eigenvalue weighted by atomic mass is 32.1. The molecule has 1 N–H and O–H groups in total. The second-order valence-corrected chi connectivity index (χ2v) is 9.04. The van der Waals surface area contributed by atoms with E-state index in [4.69, 9.17) is 4.98 Å². The SMILES string of the molecule is CC1CCCC(C(NC(C)C)c2nc(C(C)(C)C)cs2)C1. The largest absolute Gasteiger partial charge is 0.305 e. The first-order valence-electron chi connectivity index (χ1n) is 8.49. The Morgan fingerprint density at radius 1 is 1.29 bits per heavy atom. The van der Waals surface area contributed by atoms with Crippen LogP contribution >= 0.6 is 11.3 Å². The zero-order valence-electron chi connectivity index (χ0n) is 14.6. The topological polar surface area (TPSA) is 24.9 Å². The van der Waals surface area contributed by atoms with Gasteiger partial charge in [0.15, 0.2) is 0 Å². The van der Waals surface area contributed by atoms with Gasteiger partial charge in [-0.25, -0.2) is 4.98 Å². The van der Waals surface area contributed by atoms with Gasteiger partial charge < -0.3 is 5.32 Å². The van der Waals surface area contributed by atoms with Crippen LogP contribution in [0.4, 0.5) is 0 Å². The molecule has 120 valence electrons. The molecule has 0 spiro atoms. The molecule has 0 aromatic carbocycles. The van der Waals surface area contributed by atoms with Crippen LogP contribution in [0.5, 0.6) is 0 Å². The molecule has 0 aliphatic heterocycles. The molecular formula is C18H32N2S. The standard InChI is InChI=1S/C18H32N2S/c1-12(2)19-16(14-9-7-8-13(3)10-14)17-20-15(11-21-17)18(4,5)6/h11-14,16,19H,7-10H2,1-6H3. The molecule has 0 bridgehead atoms. The Morgan fingerprint density at radius 3 is 2.52 bits per heavy atom. The van der Waals surface area contributed by atoms with E-state index in [1.807, 2.05) is 11.3 Å². The van der Waals surface area contributed by atoms with Crippen molar-refractivity contribution in [3.8, 4) is 0 Å². The Labute approximate surface area is 134 Å². The number of thiazole rings is 1. The van der Waals surface area contributed by atoms with Gasteiger partial charge in [-0.1, -0.05) is 54.4 Å². The lowest BCUT2D eigenvalue weighted by Crippen LogP contribution is -2.35. The Hall–Kier alpha value is -0.410. The summed E-state index contributed by atoms with van der Waals surface area (Å²) in [5, 5.41) is 7.36. The molecule has 21 heavy (non-hydrogen) atoms. The lowest BCUT2D eigenvalue weighted by molar-refractivity contribution is 0.215. The maximum atomic E-state index is 4.99. The van der Waals surface area contributed by atoms with Gasteiger partial charge in [0.1, 0.15) is 5.01 Å². The van der Waals surface area contributed by atoms with E-state index in [2.05, 4.69) is 52.2 Å². The van der Waals surface area contributed by atoms with E-state index in [9.17, 15) is 0 Å². The monoisotopic (exact) mass is 308 g/mol. The Bertz CT molecular complexity index is 444. The predicted octanol–water partition coefficient (Wildman–Crippen LogP) is 5.31. The van der Waals surface area contributed by atoms with E-state index in [0.29, 0.717) is 12.1 Å². The molecule has 3 unspecified atom stereocenters. The minimum absolute atomic E-state index is 0.150. The maximum Gasteiger partial charge on any atom is 0.110 e. The van der Waals surface area contributed by atoms with Crippen molar-refractivity contribution < 1.29 is 0 Å². The van der Waals surface area contributed by atoms with Gasteiger partial charge in [0.2, 0.25) is 0 Å². The first kappa shape index (κ1) is 17.0. The molecule has 3 atom stereocenters. The number of hydrogen-bond donors (Lipinski definition) is 1. The van der Waals surface area contributed by atoms with Crippen LogP contribution in [0.3, 0.4) is 0 Å². The van der Waals surface area contributed by atoms with Crippen LogP contribution in [0, 0.1) is 11.8 Å². The molecule has 0 saturated heterocycles. The van der Waals surface area contributed by atoms with Crippen molar-refractivity contribution in [2.24, 2.45) is 11.8 Å². The quantitative estimate of drug-likeness (QED) is 0.815. The van der Waals surface area contributed by atoms with Crippen LogP contribution in [0.15, 0.2) is 5.38 Å². The third-order valence-corrected chi connectivity index (χ3v) is 5.45. The molecule has 1 aliphatic rings. The number of rotatable bonds is 4. The van der Waals surface area contributed by atoms with Crippen molar-refractivity contribution in [3.63, 3.8) is 0 Å². The average molecular weight is 309 g/mol. The minimum atomic E-state index is 0.150. The lowest BCUT2D eigenvalue weighted by atomic mass is 9.78. The molecule has 0 radical (unpaired) electrons. The van der Waals surface area contributed by atoms with E-state index >= 15 is 0 Å². The number of aromatic nitrogens is 1. The molecular weight excluding hydrogens is 276 g/mol. The van der Waals surface area contributed by atoms with E-state index in [1.165, 1.54) is 36.4 Å². The number of nitrogens with one attached hydrogen (secondary N) is 1. The van der Waals surface area contributed by atoms with Gasteiger partial charge in [0, 0.05) is 16.8 Å². The maximum absolute atomic E-state index is 4.99. The summed E-state index contributed by atoms with van der Waals surface area (Å²) >= 11 is 1.85. The average Bonchev–Trinajstić information content (AvgIpc) is 2.85. The summed E-state index contributed by atoms with van der Waals surface area (Å²) in [6.45, 7) is 13.6. The first-order valence-corrected chi connectivity index (χ1v) is 9.37. The van der Waals surface area contributed by atoms with Crippen molar-refractivity contribution in [1.29, 1.82) is 0 Å². The van der Waals surface area contributed by atoms with Crippen molar-refractivity contribution in [3.05, 3.63) is 16.1 Å². The fourth-order valence-electron chi connectivity index (χ4n) is 3.33. The summed E-state index contributed by atoms with van der Waals surface area (Å²) in [4.78, 5) is 4.99. The van der Waals surface area contributed by atoms with E-state index in [1.54, 1.807) is 0 Å². The summed E-state index contributed by atoms with van der Waals surface area (Å²) in [5.41, 5.74) is 1.39. The highest BCUT2D eigenvalue weighted by Gasteiger charge is 2.31. The second-order valence-electron chi connectivity index (χ2n) is 8.15. The van der Waals surface area contributed by atoms with Crippen LogP contribution < -0.4 is 5.32 Å². The van der Waals surface area contributed by atoms with Gasteiger partial charge in [-0.05, 0) is 24.7 Å². The van der Waals surface area contributed by atoms with Gasteiger partial charge in [0.25, 0.3) is 0 Å². The fraction of sp³-hybridized carbons (Fsp3) is 0.833. The summed E-state index contributed by atoms with van der Waals surface area (Å²) in [7, 11) is 0. The van der Waals surface area contributed by atoms with Crippen molar-refractivity contribution in [2.75, 3.05) is 0 Å². The Balaban J connectivity index is 2.21. The van der Waals surface area contributed by atoms with Crippen molar-refractivity contribution in [2.45, 2.75) is 84.7 Å².